The van der Waals surface area contributed by atoms with Crippen LogP contribution in [0, 0.1) is 6.92 Å². The molecule has 28 heavy (non-hydrogen) atoms. The minimum atomic E-state index is -0.841. The summed E-state index contributed by atoms with van der Waals surface area (Å²) < 4.78 is 5.31. The van der Waals surface area contributed by atoms with Crippen LogP contribution in [0.2, 0.25) is 0 Å². The van der Waals surface area contributed by atoms with Crippen LogP contribution in [0.1, 0.15) is 35.5 Å². The van der Waals surface area contributed by atoms with E-state index in [2.05, 4.69) is 10.3 Å². The van der Waals surface area contributed by atoms with Crippen LogP contribution >= 0.6 is 0 Å². The second-order valence-corrected chi connectivity index (χ2v) is 7.10. The molecule has 1 atom stereocenters. The van der Waals surface area contributed by atoms with E-state index in [-0.39, 0.29) is 24.2 Å². The third-order valence-corrected chi connectivity index (χ3v) is 4.44. The maximum atomic E-state index is 12.8. The van der Waals surface area contributed by atoms with Crippen molar-refractivity contribution in [1.29, 1.82) is 0 Å². The normalized spacial score (nSPS) is 12.1. The highest BCUT2D eigenvalue weighted by Gasteiger charge is 2.25. The molecule has 0 unspecified atom stereocenters. The van der Waals surface area contributed by atoms with Gasteiger partial charge in [-0.1, -0.05) is 24.3 Å². The number of hydrogen-bond acceptors (Lipinski definition) is 4. The van der Waals surface area contributed by atoms with Gasteiger partial charge in [0.05, 0.1) is 6.10 Å². The summed E-state index contributed by atoms with van der Waals surface area (Å²) in [5.74, 6) is -0.730. The van der Waals surface area contributed by atoms with Crippen molar-refractivity contribution in [2.45, 2.75) is 39.3 Å². The van der Waals surface area contributed by atoms with Crippen molar-refractivity contribution in [3.05, 3.63) is 65.4 Å². The number of esters is 1. The van der Waals surface area contributed by atoms with Crippen molar-refractivity contribution in [3.63, 3.8) is 0 Å². The molecule has 0 aliphatic rings. The lowest BCUT2D eigenvalue weighted by molar-refractivity contribution is -0.149. The molecule has 0 saturated heterocycles. The third-order valence-electron chi connectivity index (χ3n) is 4.44. The zero-order valence-electron chi connectivity index (χ0n) is 16.2. The molecule has 0 radical (unpaired) electrons. The first kappa shape index (κ1) is 19.5. The molecule has 2 aromatic carbocycles. The third kappa shape index (κ3) is 4.52. The number of carbonyl (C=O) groups excluding carboxylic acids is 2. The minimum Gasteiger partial charge on any atom is -0.508 e. The minimum absolute atomic E-state index is 0.141. The number of aromatic amines is 1. The Kier molecular flexibility index (Phi) is 5.68. The first-order chi connectivity index (χ1) is 13.3. The molecule has 1 aromatic heterocycles. The Hall–Kier alpha value is -3.28. The Morgan fingerprint density at radius 2 is 1.86 bits per heavy atom. The summed E-state index contributed by atoms with van der Waals surface area (Å²) in [7, 11) is 0. The number of hydrogen-bond donors (Lipinski definition) is 3. The van der Waals surface area contributed by atoms with Crippen molar-refractivity contribution in [1.82, 2.24) is 10.3 Å². The van der Waals surface area contributed by atoms with Gasteiger partial charge in [-0.25, -0.2) is 4.79 Å². The predicted molar refractivity (Wildman–Crippen MR) is 107 cm³/mol. The quantitative estimate of drug-likeness (QED) is 0.571. The van der Waals surface area contributed by atoms with Crippen LogP contribution < -0.4 is 5.32 Å². The molecule has 0 aliphatic heterocycles. The van der Waals surface area contributed by atoms with Gasteiger partial charge in [0.1, 0.15) is 17.5 Å². The number of phenolic OH excluding ortho intramolecular Hbond substituents is 1. The number of carbonyl (C=O) groups is 2. The van der Waals surface area contributed by atoms with Crippen LogP contribution in [0.15, 0.2) is 48.5 Å². The van der Waals surface area contributed by atoms with Crippen molar-refractivity contribution >= 4 is 22.8 Å². The van der Waals surface area contributed by atoms with Gasteiger partial charge in [-0.05, 0) is 56.2 Å². The zero-order valence-corrected chi connectivity index (χ0v) is 16.2. The summed E-state index contributed by atoms with van der Waals surface area (Å²) in [6.45, 7) is 5.50. The van der Waals surface area contributed by atoms with Gasteiger partial charge >= 0.3 is 5.97 Å². The summed E-state index contributed by atoms with van der Waals surface area (Å²) in [6, 6.07) is 13.3. The Morgan fingerprint density at radius 3 is 2.50 bits per heavy atom. The Labute approximate surface area is 163 Å². The highest BCUT2D eigenvalue weighted by Crippen LogP contribution is 2.19. The van der Waals surface area contributed by atoms with E-state index < -0.39 is 12.0 Å². The summed E-state index contributed by atoms with van der Waals surface area (Å²) >= 11 is 0. The van der Waals surface area contributed by atoms with Gasteiger partial charge in [0.15, 0.2) is 0 Å². The smallest absolute Gasteiger partial charge is 0.329 e. The second kappa shape index (κ2) is 8.17. The number of amides is 1. The van der Waals surface area contributed by atoms with Crippen LogP contribution in [0.4, 0.5) is 0 Å². The van der Waals surface area contributed by atoms with Crippen LogP contribution in [0.3, 0.4) is 0 Å². The number of H-pyrrole nitrogens is 1. The molecule has 146 valence electrons. The van der Waals surface area contributed by atoms with Gasteiger partial charge < -0.3 is 20.1 Å². The number of ether oxygens (including phenoxy) is 1. The second-order valence-electron chi connectivity index (χ2n) is 7.10. The van der Waals surface area contributed by atoms with Crippen molar-refractivity contribution in [2.75, 3.05) is 0 Å². The van der Waals surface area contributed by atoms with E-state index in [4.69, 9.17) is 4.74 Å². The average Bonchev–Trinajstić information content (AvgIpc) is 3.08. The maximum absolute atomic E-state index is 12.8. The number of aromatic nitrogens is 1. The van der Waals surface area contributed by atoms with Gasteiger partial charge in [-0.3, -0.25) is 4.79 Å². The largest absolute Gasteiger partial charge is 0.508 e. The van der Waals surface area contributed by atoms with E-state index in [1.165, 1.54) is 0 Å². The summed E-state index contributed by atoms with van der Waals surface area (Å²) in [6.07, 6.45) is -0.0287. The number of aromatic hydroxyl groups is 1. The fourth-order valence-electron chi connectivity index (χ4n) is 3.04. The molecule has 0 spiro atoms. The highest BCUT2D eigenvalue weighted by atomic mass is 16.5. The monoisotopic (exact) mass is 380 g/mol. The van der Waals surface area contributed by atoms with Crippen molar-refractivity contribution in [2.24, 2.45) is 0 Å². The fourth-order valence-corrected chi connectivity index (χ4v) is 3.04. The first-order valence-corrected chi connectivity index (χ1v) is 9.21. The lowest BCUT2D eigenvalue weighted by Gasteiger charge is -2.19. The van der Waals surface area contributed by atoms with E-state index in [0.29, 0.717) is 5.69 Å². The number of nitrogens with one attached hydrogen (secondary N) is 2. The van der Waals surface area contributed by atoms with E-state index >= 15 is 0 Å². The molecule has 6 nitrogen and oxygen atoms in total. The summed E-state index contributed by atoms with van der Waals surface area (Å²) in [5, 5.41) is 13.2. The van der Waals surface area contributed by atoms with Gasteiger partial charge in [0.2, 0.25) is 0 Å². The molecule has 3 rings (SSSR count). The molecule has 1 heterocycles. The number of aryl methyl sites for hydroxylation is 1. The molecule has 1 amide bonds. The number of fused-ring (bicyclic) bond motifs is 1. The zero-order chi connectivity index (χ0) is 20.3. The van der Waals surface area contributed by atoms with Crippen LogP contribution in [0.5, 0.6) is 5.75 Å². The molecular weight excluding hydrogens is 356 g/mol. The maximum Gasteiger partial charge on any atom is 0.329 e. The van der Waals surface area contributed by atoms with E-state index in [1.54, 1.807) is 44.2 Å². The van der Waals surface area contributed by atoms with Crippen LogP contribution in [-0.2, 0) is 16.0 Å². The SMILES string of the molecule is Cc1cccc2[nH]c(C(=O)N[C@@H](Cc3ccc(O)cc3)C(=O)OC(C)C)cc12. The lowest BCUT2D eigenvalue weighted by Crippen LogP contribution is -2.44. The summed E-state index contributed by atoms with van der Waals surface area (Å²) in [4.78, 5) is 28.4. The lowest BCUT2D eigenvalue weighted by atomic mass is 10.1. The Morgan fingerprint density at radius 1 is 1.14 bits per heavy atom. The molecule has 0 saturated carbocycles. The van der Waals surface area contributed by atoms with Crippen LogP contribution in [-0.4, -0.2) is 34.1 Å². The van der Waals surface area contributed by atoms with Gasteiger partial charge in [0, 0.05) is 17.3 Å². The number of rotatable bonds is 6. The molecule has 0 bridgehead atoms. The summed E-state index contributed by atoms with van der Waals surface area (Å²) in [5.41, 5.74) is 3.12. The molecule has 3 aromatic rings. The number of phenols is 1. The molecule has 3 N–H and O–H groups in total. The van der Waals surface area contributed by atoms with Crippen molar-refractivity contribution < 1.29 is 19.4 Å². The van der Waals surface area contributed by atoms with Gasteiger partial charge in [0.25, 0.3) is 5.91 Å². The predicted octanol–water partition coefficient (Wildman–Crippen LogP) is 3.47. The Bertz CT molecular complexity index is 989. The first-order valence-electron chi connectivity index (χ1n) is 9.21. The standard InChI is InChI=1S/C22H24N2O4/c1-13(2)28-22(27)20(11-15-7-9-16(25)10-8-15)24-21(26)19-12-17-14(3)5-4-6-18(17)23-19/h4-10,12-13,20,23,25H,11H2,1-3H3,(H,24,26)/t20-/m0/s1. The average molecular weight is 380 g/mol. The van der Waals surface area contributed by atoms with E-state index in [9.17, 15) is 14.7 Å². The fraction of sp³-hybridized carbons (Fsp3) is 0.273. The number of benzene rings is 2. The van der Waals surface area contributed by atoms with E-state index in [0.717, 1.165) is 22.0 Å². The molecule has 0 fully saturated rings. The van der Waals surface area contributed by atoms with Gasteiger partial charge in [-0.15, -0.1) is 0 Å². The topological polar surface area (TPSA) is 91.4 Å². The molecule has 0 aliphatic carbocycles. The van der Waals surface area contributed by atoms with Crippen molar-refractivity contribution in [3.8, 4) is 5.75 Å². The molecule has 6 heteroatoms. The Balaban J connectivity index is 1.82. The van der Waals surface area contributed by atoms with E-state index in [1.807, 2.05) is 25.1 Å². The van der Waals surface area contributed by atoms with Gasteiger partial charge in [-0.2, -0.15) is 0 Å². The molecular formula is C22H24N2O4. The van der Waals surface area contributed by atoms with Crippen LogP contribution in [0.25, 0.3) is 10.9 Å². The highest BCUT2D eigenvalue weighted by molar-refractivity contribution is 6.00.